The number of amides is 1. The van der Waals surface area contributed by atoms with E-state index in [9.17, 15) is 9.59 Å². The minimum Gasteiger partial charge on any atom is -0.493 e. The smallest absolute Gasteiger partial charge is 0.311 e. The first-order valence-corrected chi connectivity index (χ1v) is 9.11. The number of anilines is 1. The molecule has 8 heteroatoms. The van der Waals surface area contributed by atoms with Gasteiger partial charge in [0.15, 0.2) is 29.1 Å². The fourth-order valence-electron chi connectivity index (χ4n) is 2.81. The Balaban J connectivity index is 1.56. The molecule has 2 aromatic carbocycles. The molecular weight excluding hydrogens is 378 g/mol. The van der Waals surface area contributed by atoms with Crippen LogP contribution < -0.4 is 24.3 Å². The van der Waals surface area contributed by atoms with Gasteiger partial charge >= 0.3 is 5.97 Å². The number of benzene rings is 2. The van der Waals surface area contributed by atoms with Crippen LogP contribution in [0.1, 0.15) is 12.5 Å². The zero-order valence-corrected chi connectivity index (χ0v) is 16.5. The highest BCUT2D eigenvalue weighted by atomic mass is 16.6. The topological polar surface area (TPSA) is 92.3 Å². The lowest BCUT2D eigenvalue weighted by Gasteiger charge is -2.19. The van der Waals surface area contributed by atoms with Crippen LogP contribution in [0.4, 0.5) is 5.69 Å². The summed E-state index contributed by atoms with van der Waals surface area (Å²) >= 11 is 0. The molecule has 154 valence electrons. The monoisotopic (exact) mass is 401 g/mol. The average molecular weight is 401 g/mol. The van der Waals surface area contributed by atoms with Crippen LogP contribution in [0.3, 0.4) is 0 Å². The summed E-state index contributed by atoms with van der Waals surface area (Å²) in [6.07, 6.45) is -0.960. The van der Waals surface area contributed by atoms with Gasteiger partial charge in [-0.25, -0.2) is 0 Å². The van der Waals surface area contributed by atoms with Crippen LogP contribution in [0.15, 0.2) is 36.4 Å². The van der Waals surface area contributed by atoms with Crippen LogP contribution in [0.25, 0.3) is 0 Å². The Labute approximate surface area is 168 Å². The number of fused-ring (bicyclic) bond motifs is 1. The Bertz CT molecular complexity index is 897. The van der Waals surface area contributed by atoms with Crippen LogP contribution in [0.5, 0.6) is 23.0 Å². The first-order chi connectivity index (χ1) is 14.0. The van der Waals surface area contributed by atoms with E-state index in [1.54, 1.807) is 36.4 Å². The number of hydrogen-bond acceptors (Lipinski definition) is 7. The molecule has 1 heterocycles. The van der Waals surface area contributed by atoms with Gasteiger partial charge in [-0.05, 0) is 36.8 Å². The molecule has 2 aromatic rings. The summed E-state index contributed by atoms with van der Waals surface area (Å²) in [6, 6.07) is 10.2. The first-order valence-electron chi connectivity index (χ1n) is 9.11. The van der Waals surface area contributed by atoms with Crippen molar-refractivity contribution in [1.29, 1.82) is 0 Å². The van der Waals surface area contributed by atoms with Gasteiger partial charge in [0.2, 0.25) is 0 Å². The van der Waals surface area contributed by atoms with Crippen molar-refractivity contribution in [1.82, 2.24) is 0 Å². The van der Waals surface area contributed by atoms with Crippen molar-refractivity contribution in [2.24, 2.45) is 0 Å². The Morgan fingerprint density at radius 1 is 1.00 bits per heavy atom. The van der Waals surface area contributed by atoms with E-state index in [0.717, 1.165) is 0 Å². The molecule has 8 nitrogen and oxygen atoms in total. The van der Waals surface area contributed by atoms with E-state index in [2.05, 4.69) is 5.32 Å². The molecule has 1 N–H and O–H groups in total. The van der Waals surface area contributed by atoms with Crippen molar-refractivity contribution in [3.05, 3.63) is 42.0 Å². The summed E-state index contributed by atoms with van der Waals surface area (Å²) in [5.74, 6) is 1.30. The number of carbonyl (C=O) groups excluding carboxylic acids is 2. The summed E-state index contributed by atoms with van der Waals surface area (Å²) in [5, 5.41) is 2.71. The van der Waals surface area contributed by atoms with E-state index in [1.165, 1.54) is 21.1 Å². The lowest BCUT2D eigenvalue weighted by molar-refractivity contribution is -0.152. The van der Waals surface area contributed by atoms with Crippen LogP contribution in [0.2, 0.25) is 0 Å². The van der Waals surface area contributed by atoms with Crippen molar-refractivity contribution in [2.45, 2.75) is 19.4 Å². The standard InChI is InChI=1S/C21H23NO7/c1-13(21(24)22-15-5-7-17-19(12-15)28-9-8-27-17)29-20(23)11-14-4-6-16(25-2)18(10-14)26-3/h4-7,10,12-13H,8-9,11H2,1-3H3,(H,22,24)/t13-/m0/s1. The SMILES string of the molecule is COc1ccc(CC(=O)O[C@@H](C)C(=O)Nc2ccc3c(c2)OCCO3)cc1OC. The van der Waals surface area contributed by atoms with Crippen molar-refractivity contribution in [2.75, 3.05) is 32.8 Å². The molecule has 0 saturated carbocycles. The van der Waals surface area contributed by atoms with Crippen LogP contribution in [-0.4, -0.2) is 45.4 Å². The third-order valence-electron chi connectivity index (χ3n) is 4.28. The molecule has 1 atom stereocenters. The van der Waals surface area contributed by atoms with Gasteiger partial charge in [-0.1, -0.05) is 6.07 Å². The lowest BCUT2D eigenvalue weighted by Crippen LogP contribution is -2.30. The van der Waals surface area contributed by atoms with Gasteiger partial charge in [0.05, 0.1) is 20.6 Å². The molecule has 3 rings (SSSR count). The molecule has 0 bridgehead atoms. The first kappa shape index (κ1) is 20.3. The summed E-state index contributed by atoms with van der Waals surface area (Å²) in [4.78, 5) is 24.6. The third kappa shape index (κ3) is 5.10. The number of esters is 1. The van der Waals surface area contributed by atoms with E-state index >= 15 is 0 Å². The Kier molecular flexibility index (Phi) is 6.43. The quantitative estimate of drug-likeness (QED) is 0.713. The van der Waals surface area contributed by atoms with Crippen LogP contribution in [0, 0.1) is 0 Å². The van der Waals surface area contributed by atoms with Gasteiger partial charge in [-0.15, -0.1) is 0 Å². The van der Waals surface area contributed by atoms with Gasteiger partial charge in [0.25, 0.3) is 5.91 Å². The second-order valence-electron chi connectivity index (χ2n) is 6.35. The third-order valence-corrected chi connectivity index (χ3v) is 4.28. The van der Waals surface area contributed by atoms with Crippen molar-refractivity contribution in [3.63, 3.8) is 0 Å². The second kappa shape index (κ2) is 9.18. The fourth-order valence-corrected chi connectivity index (χ4v) is 2.81. The summed E-state index contributed by atoms with van der Waals surface area (Å²) in [5.41, 5.74) is 1.22. The van der Waals surface area contributed by atoms with E-state index < -0.39 is 18.0 Å². The van der Waals surface area contributed by atoms with E-state index in [-0.39, 0.29) is 6.42 Å². The Hall–Kier alpha value is -3.42. The number of methoxy groups -OCH3 is 2. The largest absolute Gasteiger partial charge is 0.493 e. The summed E-state index contributed by atoms with van der Waals surface area (Å²) < 4.78 is 26.6. The van der Waals surface area contributed by atoms with Gasteiger partial charge in [0.1, 0.15) is 13.2 Å². The maximum absolute atomic E-state index is 12.4. The van der Waals surface area contributed by atoms with Crippen molar-refractivity contribution < 1.29 is 33.3 Å². The molecule has 0 unspecified atom stereocenters. The predicted octanol–water partition coefficient (Wildman–Crippen LogP) is 2.59. The molecule has 1 aliphatic rings. The molecule has 1 aliphatic heterocycles. The summed E-state index contributed by atoms with van der Waals surface area (Å²) in [7, 11) is 3.05. The van der Waals surface area contributed by atoms with Crippen LogP contribution in [-0.2, 0) is 20.7 Å². The van der Waals surface area contributed by atoms with Gasteiger partial charge in [-0.2, -0.15) is 0 Å². The van der Waals surface area contributed by atoms with Gasteiger partial charge < -0.3 is 29.0 Å². The molecule has 29 heavy (non-hydrogen) atoms. The minimum atomic E-state index is -0.962. The Morgan fingerprint density at radius 2 is 1.72 bits per heavy atom. The predicted molar refractivity (Wildman–Crippen MR) is 105 cm³/mol. The normalized spacial score (nSPS) is 13.2. The van der Waals surface area contributed by atoms with Gasteiger partial charge in [-0.3, -0.25) is 9.59 Å². The Morgan fingerprint density at radius 3 is 2.45 bits per heavy atom. The highest BCUT2D eigenvalue weighted by Gasteiger charge is 2.20. The van der Waals surface area contributed by atoms with Crippen molar-refractivity contribution in [3.8, 4) is 23.0 Å². The van der Waals surface area contributed by atoms with Crippen molar-refractivity contribution >= 4 is 17.6 Å². The molecule has 1 amide bonds. The maximum Gasteiger partial charge on any atom is 0.311 e. The lowest BCUT2D eigenvalue weighted by atomic mass is 10.1. The molecular formula is C21H23NO7. The number of hydrogen-bond donors (Lipinski definition) is 1. The number of nitrogens with one attached hydrogen (secondary N) is 1. The zero-order chi connectivity index (χ0) is 20.8. The van der Waals surface area contributed by atoms with Crippen LogP contribution >= 0.6 is 0 Å². The van der Waals surface area contributed by atoms with E-state index in [4.69, 9.17) is 23.7 Å². The molecule has 0 saturated heterocycles. The number of carbonyl (C=O) groups is 2. The highest BCUT2D eigenvalue weighted by molar-refractivity contribution is 5.95. The van der Waals surface area contributed by atoms with Gasteiger partial charge in [0, 0.05) is 11.8 Å². The van der Waals surface area contributed by atoms with E-state index in [0.29, 0.717) is 47.5 Å². The maximum atomic E-state index is 12.4. The highest BCUT2D eigenvalue weighted by Crippen LogP contribution is 2.32. The fraction of sp³-hybridized carbons (Fsp3) is 0.333. The second-order valence-corrected chi connectivity index (χ2v) is 6.35. The molecule has 0 spiro atoms. The van der Waals surface area contributed by atoms with E-state index in [1.807, 2.05) is 0 Å². The molecule has 0 aliphatic carbocycles. The minimum absolute atomic E-state index is 0.00198. The molecule has 0 radical (unpaired) electrons. The summed E-state index contributed by atoms with van der Waals surface area (Å²) in [6.45, 7) is 2.46. The molecule has 0 aromatic heterocycles. The zero-order valence-electron chi connectivity index (χ0n) is 16.5. The average Bonchev–Trinajstić information content (AvgIpc) is 2.73. The number of ether oxygens (including phenoxy) is 5. The number of rotatable bonds is 7. The molecule has 0 fully saturated rings.